The maximum atomic E-state index is 13.3. The molecule has 0 atom stereocenters. The minimum atomic E-state index is -0.522. The van der Waals surface area contributed by atoms with Crippen LogP contribution in [0.5, 0.6) is 0 Å². The number of carbonyl (C=O) groups is 1. The van der Waals surface area contributed by atoms with Gasteiger partial charge in [0.15, 0.2) is 0 Å². The lowest BCUT2D eigenvalue weighted by Crippen LogP contribution is -2.42. The first-order chi connectivity index (χ1) is 14.5. The SMILES string of the molecule is CCN(C(=O)Cn1c(=O)n(-c2ccccc2)c(=O)c2sccc21)c1cccc(C)c1. The quantitative estimate of drug-likeness (QED) is 0.497. The van der Waals surface area contributed by atoms with Gasteiger partial charge >= 0.3 is 5.69 Å². The van der Waals surface area contributed by atoms with E-state index in [1.807, 2.05) is 44.2 Å². The molecule has 2 heterocycles. The van der Waals surface area contributed by atoms with E-state index in [1.54, 1.807) is 40.6 Å². The lowest BCUT2D eigenvalue weighted by Gasteiger charge is -2.22. The van der Waals surface area contributed by atoms with Gasteiger partial charge in [-0.15, -0.1) is 11.3 Å². The Bertz CT molecular complexity index is 1340. The fraction of sp³-hybridized carbons (Fsp3) is 0.174. The Labute approximate surface area is 177 Å². The number of nitrogens with zero attached hydrogens (tertiary/aromatic N) is 3. The summed E-state index contributed by atoms with van der Waals surface area (Å²) in [5.41, 5.74) is 1.91. The highest BCUT2D eigenvalue weighted by Gasteiger charge is 2.20. The van der Waals surface area contributed by atoms with Gasteiger partial charge in [0.1, 0.15) is 11.2 Å². The fourth-order valence-electron chi connectivity index (χ4n) is 3.56. The summed E-state index contributed by atoms with van der Waals surface area (Å²) in [6, 6.07) is 18.2. The molecule has 7 heteroatoms. The maximum Gasteiger partial charge on any atom is 0.336 e. The van der Waals surface area contributed by atoms with Crippen molar-refractivity contribution in [1.29, 1.82) is 0 Å². The molecule has 0 aliphatic rings. The zero-order valence-electron chi connectivity index (χ0n) is 16.7. The number of rotatable bonds is 5. The molecule has 0 aliphatic heterocycles. The molecule has 0 aliphatic carbocycles. The number of likely N-dealkylation sites (N-methyl/N-ethyl adjacent to an activating group) is 1. The van der Waals surface area contributed by atoms with Crippen LogP contribution >= 0.6 is 11.3 Å². The number of anilines is 1. The number of thiophene rings is 1. The topological polar surface area (TPSA) is 64.3 Å². The van der Waals surface area contributed by atoms with Crippen molar-refractivity contribution in [2.45, 2.75) is 20.4 Å². The number of benzene rings is 2. The standard InChI is InChI=1S/C23H21N3O3S/c1-3-24(18-11-7-8-16(2)14-18)20(27)15-25-19-12-13-30-21(19)22(28)26(23(25)29)17-9-5-4-6-10-17/h4-14H,3,15H2,1-2H3. The second kappa shape index (κ2) is 8.12. The normalized spacial score (nSPS) is 11.0. The lowest BCUT2D eigenvalue weighted by molar-refractivity contribution is -0.119. The van der Waals surface area contributed by atoms with E-state index < -0.39 is 5.69 Å². The molecule has 0 radical (unpaired) electrons. The highest BCUT2D eigenvalue weighted by Crippen LogP contribution is 2.19. The molecule has 0 N–H and O–H groups in total. The van der Waals surface area contributed by atoms with Crippen LogP contribution in [0.3, 0.4) is 0 Å². The molecule has 152 valence electrons. The third kappa shape index (κ3) is 3.48. The maximum absolute atomic E-state index is 13.3. The van der Waals surface area contributed by atoms with E-state index in [-0.39, 0.29) is 18.0 Å². The second-order valence-electron chi connectivity index (χ2n) is 6.96. The first-order valence-electron chi connectivity index (χ1n) is 9.66. The van der Waals surface area contributed by atoms with Crippen LogP contribution in [0.25, 0.3) is 15.9 Å². The van der Waals surface area contributed by atoms with E-state index in [0.29, 0.717) is 22.4 Å². The third-order valence-corrected chi connectivity index (χ3v) is 5.88. The van der Waals surface area contributed by atoms with E-state index in [9.17, 15) is 14.4 Å². The van der Waals surface area contributed by atoms with E-state index in [0.717, 1.165) is 15.8 Å². The van der Waals surface area contributed by atoms with Gasteiger partial charge in [-0.1, -0.05) is 30.3 Å². The molecule has 30 heavy (non-hydrogen) atoms. The van der Waals surface area contributed by atoms with E-state index in [4.69, 9.17) is 0 Å². The zero-order valence-corrected chi connectivity index (χ0v) is 17.6. The van der Waals surface area contributed by atoms with Gasteiger partial charge in [-0.05, 0) is 55.1 Å². The molecule has 0 saturated carbocycles. The summed E-state index contributed by atoms with van der Waals surface area (Å²) in [5, 5.41) is 1.76. The number of amides is 1. The molecule has 1 amide bonds. The number of aryl methyl sites for hydroxylation is 1. The van der Waals surface area contributed by atoms with Crippen LogP contribution in [0.15, 0.2) is 75.6 Å². The predicted molar refractivity (Wildman–Crippen MR) is 121 cm³/mol. The van der Waals surface area contributed by atoms with Crippen molar-refractivity contribution >= 4 is 33.1 Å². The summed E-state index contributed by atoms with van der Waals surface area (Å²) in [6.45, 7) is 4.19. The smallest absolute Gasteiger partial charge is 0.311 e. The Hall–Kier alpha value is -3.45. The van der Waals surface area contributed by atoms with Crippen LogP contribution in [-0.4, -0.2) is 21.6 Å². The average molecular weight is 420 g/mol. The molecule has 4 rings (SSSR count). The van der Waals surface area contributed by atoms with Crippen LogP contribution in [-0.2, 0) is 11.3 Å². The molecule has 0 unspecified atom stereocenters. The molecule has 6 nitrogen and oxygen atoms in total. The molecule has 2 aromatic carbocycles. The number of carbonyl (C=O) groups excluding carboxylic acids is 1. The molecule has 0 bridgehead atoms. The Kier molecular flexibility index (Phi) is 5.37. The summed E-state index contributed by atoms with van der Waals surface area (Å²) in [6.07, 6.45) is 0. The summed E-state index contributed by atoms with van der Waals surface area (Å²) in [5.74, 6) is -0.212. The molecule has 4 aromatic rings. The van der Waals surface area contributed by atoms with Gasteiger partial charge in [0.25, 0.3) is 5.56 Å². The van der Waals surface area contributed by atoms with E-state index in [1.165, 1.54) is 15.9 Å². The van der Waals surface area contributed by atoms with E-state index >= 15 is 0 Å². The van der Waals surface area contributed by atoms with Gasteiger partial charge < -0.3 is 4.90 Å². The molecule has 0 fully saturated rings. The van der Waals surface area contributed by atoms with Crippen LogP contribution in [0, 0.1) is 6.92 Å². The van der Waals surface area contributed by atoms with Crippen LogP contribution < -0.4 is 16.1 Å². The van der Waals surface area contributed by atoms with Crippen molar-refractivity contribution in [3.8, 4) is 5.69 Å². The number of hydrogen-bond acceptors (Lipinski definition) is 4. The number of fused-ring (bicyclic) bond motifs is 1. The van der Waals surface area contributed by atoms with Crippen molar-refractivity contribution in [3.63, 3.8) is 0 Å². The van der Waals surface area contributed by atoms with Gasteiger partial charge in [-0.25, -0.2) is 9.36 Å². The minimum Gasteiger partial charge on any atom is -0.311 e. The Morgan fingerprint density at radius 2 is 1.80 bits per heavy atom. The monoisotopic (exact) mass is 419 g/mol. The Morgan fingerprint density at radius 1 is 1.03 bits per heavy atom. The highest BCUT2D eigenvalue weighted by atomic mass is 32.1. The Morgan fingerprint density at radius 3 is 2.50 bits per heavy atom. The van der Waals surface area contributed by atoms with Crippen LogP contribution in [0.2, 0.25) is 0 Å². The summed E-state index contributed by atoms with van der Waals surface area (Å²) >= 11 is 1.27. The largest absolute Gasteiger partial charge is 0.336 e. The highest BCUT2D eigenvalue weighted by molar-refractivity contribution is 7.17. The van der Waals surface area contributed by atoms with Crippen molar-refractivity contribution in [1.82, 2.24) is 9.13 Å². The molecule has 0 spiro atoms. The summed E-state index contributed by atoms with van der Waals surface area (Å²) in [4.78, 5) is 41.1. The van der Waals surface area contributed by atoms with Gasteiger partial charge in [0, 0.05) is 12.2 Å². The lowest BCUT2D eigenvalue weighted by atomic mass is 10.2. The summed E-state index contributed by atoms with van der Waals surface area (Å²) < 4.78 is 2.97. The molecular weight excluding hydrogens is 398 g/mol. The van der Waals surface area contributed by atoms with Crippen molar-refractivity contribution in [2.75, 3.05) is 11.4 Å². The summed E-state index contributed by atoms with van der Waals surface area (Å²) in [7, 11) is 0. The first-order valence-corrected chi connectivity index (χ1v) is 10.5. The fourth-order valence-corrected chi connectivity index (χ4v) is 4.39. The molecule has 2 aromatic heterocycles. The van der Waals surface area contributed by atoms with Gasteiger partial charge in [-0.2, -0.15) is 0 Å². The zero-order chi connectivity index (χ0) is 21.3. The van der Waals surface area contributed by atoms with Gasteiger partial charge in [0.05, 0.1) is 11.2 Å². The second-order valence-corrected chi connectivity index (χ2v) is 7.87. The van der Waals surface area contributed by atoms with Gasteiger partial charge in [0.2, 0.25) is 5.91 Å². The van der Waals surface area contributed by atoms with Crippen LogP contribution in [0.1, 0.15) is 12.5 Å². The third-order valence-electron chi connectivity index (χ3n) is 4.99. The number of para-hydroxylation sites is 1. The van der Waals surface area contributed by atoms with E-state index in [2.05, 4.69) is 0 Å². The predicted octanol–water partition coefficient (Wildman–Crippen LogP) is 3.58. The van der Waals surface area contributed by atoms with Crippen molar-refractivity contribution < 1.29 is 4.79 Å². The molecule has 0 saturated heterocycles. The number of hydrogen-bond donors (Lipinski definition) is 0. The van der Waals surface area contributed by atoms with Gasteiger partial charge in [-0.3, -0.25) is 14.2 Å². The Balaban J connectivity index is 1.83. The van der Waals surface area contributed by atoms with Crippen LogP contribution in [0.4, 0.5) is 5.69 Å². The molecular formula is C23H21N3O3S. The first kappa shape index (κ1) is 19.8. The van der Waals surface area contributed by atoms with Crippen molar-refractivity contribution in [2.24, 2.45) is 0 Å². The average Bonchev–Trinajstić information content (AvgIpc) is 3.23. The van der Waals surface area contributed by atoms with Crippen molar-refractivity contribution in [3.05, 3.63) is 92.4 Å². The minimum absolute atomic E-state index is 0.152. The number of aromatic nitrogens is 2.